The standard InChI is InChI=1S/C29H23ClN6O2S/c1-18-10-11-19(16-26(18)39(37,38)31-17-27-33-24-8-4-5-9-25(24)34-27)28-22-6-2-3-7-23(22)29(36-35-28)32-21-14-12-20(30)13-15-21/h2-16,31H,17H2,1H3,(H,32,36)(H,33,34). The number of rotatable bonds is 7. The van der Waals surface area contributed by atoms with Gasteiger partial charge in [0.05, 0.1) is 22.5 Å². The van der Waals surface area contributed by atoms with Crippen molar-refractivity contribution in [2.45, 2.75) is 18.4 Å². The Morgan fingerprint density at radius 2 is 1.62 bits per heavy atom. The summed E-state index contributed by atoms with van der Waals surface area (Å²) in [6.45, 7) is 1.80. The van der Waals surface area contributed by atoms with Gasteiger partial charge in [-0.3, -0.25) is 0 Å². The van der Waals surface area contributed by atoms with Crippen LogP contribution in [0.25, 0.3) is 33.1 Å². The van der Waals surface area contributed by atoms with Crippen molar-refractivity contribution >= 4 is 54.9 Å². The number of aromatic amines is 1. The molecular weight excluding hydrogens is 532 g/mol. The normalized spacial score (nSPS) is 11.7. The topological polar surface area (TPSA) is 113 Å². The minimum absolute atomic E-state index is 0.0362. The fourth-order valence-corrected chi connectivity index (χ4v) is 5.83. The quantitative estimate of drug-likeness (QED) is 0.212. The molecule has 0 aliphatic rings. The second-order valence-electron chi connectivity index (χ2n) is 9.08. The van der Waals surface area contributed by atoms with E-state index in [1.807, 2.05) is 66.7 Å². The van der Waals surface area contributed by atoms with E-state index in [9.17, 15) is 8.42 Å². The molecule has 8 nitrogen and oxygen atoms in total. The number of H-pyrrole nitrogens is 1. The van der Waals surface area contributed by atoms with Gasteiger partial charge >= 0.3 is 0 Å². The van der Waals surface area contributed by atoms with Crippen molar-refractivity contribution in [3.63, 3.8) is 0 Å². The molecule has 0 aliphatic heterocycles. The number of fused-ring (bicyclic) bond motifs is 2. The first-order valence-corrected chi connectivity index (χ1v) is 14.1. The summed E-state index contributed by atoms with van der Waals surface area (Å²) in [5.74, 6) is 1.12. The van der Waals surface area contributed by atoms with Crippen molar-refractivity contribution in [3.8, 4) is 11.3 Å². The summed E-state index contributed by atoms with van der Waals surface area (Å²) in [5, 5.41) is 14.6. The average Bonchev–Trinajstić information content (AvgIpc) is 3.37. The van der Waals surface area contributed by atoms with E-state index in [4.69, 9.17) is 11.6 Å². The van der Waals surface area contributed by atoms with Crippen molar-refractivity contribution in [3.05, 3.63) is 107 Å². The molecule has 0 aliphatic carbocycles. The molecule has 0 amide bonds. The molecule has 4 aromatic carbocycles. The Labute approximate surface area is 230 Å². The first-order chi connectivity index (χ1) is 18.9. The number of benzene rings is 4. The van der Waals surface area contributed by atoms with E-state index in [0.717, 1.165) is 27.5 Å². The van der Waals surface area contributed by atoms with Crippen LogP contribution in [0.3, 0.4) is 0 Å². The van der Waals surface area contributed by atoms with E-state index >= 15 is 0 Å². The number of imidazole rings is 1. The van der Waals surface area contributed by atoms with Crippen LogP contribution in [0, 0.1) is 6.92 Å². The van der Waals surface area contributed by atoms with Crippen molar-refractivity contribution in [1.29, 1.82) is 0 Å². The third-order valence-electron chi connectivity index (χ3n) is 6.41. The SMILES string of the molecule is Cc1ccc(-c2nnc(Nc3ccc(Cl)cc3)c3ccccc23)cc1S(=O)(=O)NCc1nc2ccccc2[nH]1. The molecule has 6 rings (SSSR count). The summed E-state index contributed by atoms with van der Waals surface area (Å²) in [7, 11) is -3.84. The molecule has 0 radical (unpaired) electrons. The molecule has 0 fully saturated rings. The Hall–Kier alpha value is -4.31. The lowest BCUT2D eigenvalue weighted by Crippen LogP contribution is -2.24. The molecule has 194 valence electrons. The van der Waals surface area contributed by atoms with Crippen molar-refractivity contribution in [2.75, 3.05) is 5.32 Å². The summed E-state index contributed by atoms with van der Waals surface area (Å²) in [4.78, 5) is 7.78. The highest BCUT2D eigenvalue weighted by molar-refractivity contribution is 7.89. The second-order valence-corrected chi connectivity index (χ2v) is 11.3. The van der Waals surface area contributed by atoms with Gasteiger partial charge in [-0.2, -0.15) is 0 Å². The smallest absolute Gasteiger partial charge is 0.241 e. The van der Waals surface area contributed by atoms with Gasteiger partial charge in [-0.05, 0) is 55.0 Å². The van der Waals surface area contributed by atoms with Crippen LogP contribution in [0.2, 0.25) is 5.02 Å². The van der Waals surface area contributed by atoms with Crippen LogP contribution < -0.4 is 10.0 Å². The summed E-state index contributed by atoms with van der Waals surface area (Å²) in [5.41, 5.74) is 4.31. The summed E-state index contributed by atoms with van der Waals surface area (Å²) >= 11 is 6.01. The summed E-state index contributed by atoms with van der Waals surface area (Å²) in [6.07, 6.45) is 0. The number of hydrogen-bond acceptors (Lipinski definition) is 6. The van der Waals surface area contributed by atoms with Crippen LogP contribution in [0.5, 0.6) is 0 Å². The molecule has 0 spiro atoms. The van der Waals surface area contributed by atoms with Crippen LogP contribution in [0.1, 0.15) is 11.4 Å². The lowest BCUT2D eigenvalue weighted by molar-refractivity contribution is 0.579. The summed E-state index contributed by atoms with van der Waals surface area (Å²) < 4.78 is 29.4. The largest absolute Gasteiger partial charge is 0.341 e. The van der Waals surface area contributed by atoms with E-state index in [1.54, 1.807) is 31.2 Å². The predicted octanol–water partition coefficient (Wildman–Crippen LogP) is 6.36. The van der Waals surface area contributed by atoms with Gasteiger partial charge in [0.15, 0.2) is 5.82 Å². The second kappa shape index (κ2) is 10.1. The van der Waals surface area contributed by atoms with E-state index < -0.39 is 10.0 Å². The maximum atomic E-state index is 13.4. The van der Waals surface area contributed by atoms with E-state index in [0.29, 0.717) is 33.5 Å². The average molecular weight is 555 g/mol. The van der Waals surface area contributed by atoms with Gasteiger partial charge in [-0.25, -0.2) is 18.1 Å². The van der Waals surface area contributed by atoms with Crippen LogP contribution in [-0.2, 0) is 16.6 Å². The number of aromatic nitrogens is 4. The van der Waals surface area contributed by atoms with Gasteiger partial charge < -0.3 is 10.3 Å². The zero-order valence-electron chi connectivity index (χ0n) is 20.8. The van der Waals surface area contributed by atoms with Gasteiger partial charge in [0.25, 0.3) is 0 Å². The maximum Gasteiger partial charge on any atom is 0.241 e. The van der Waals surface area contributed by atoms with Crippen molar-refractivity contribution < 1.29 is 8.42 Å². The molecule has 10 heteroatoms. The molecule has 0 saturated carbocycles. The Bertz CT molecular complexity index is 1900. The van der Waals surface area contributed by atoms with Gasteiger partial charge in [-0.1, -0.05) is 60.1 Å². The lowest BCUT2D eigenvalue weighted by atomic mass is 10.0. The molecule has 2 aromatic heterocycles. The van der Waals surface area contributed by atoms with E-state index in [2.05, 4.69) is 30.2 Å². The number of hydrogen-bond donors (Lipinski definition) is 3. The predicted molar refractivity (Wildman–Crippen MR) is 155 cm³/mol. The fourth-order valence-electron chi connectivity index (χ4n) is 4.45. The van der Waals surface area contributed by atoms with Crippen molar-refractivity contribution in [2.24, 2.45) is 0 Å². The molecule has 0 bridgehead atoms. The van der Waals surface area contributed by atoms with Gasteiger partial charge in [0.2, 0.25) is 10.0 Å². The highest BCUT2D eigenvalue weighted by Gasteiger charge is 2.20. The number of anilines is 2. The molecule has 0 atom stereocenters. The third-order valence-corrected chi connectivity index (χ3v) is 8.21. The molecule has 2 heterocycles. The maximum absolute atomic E-state index is 13.4. The zero-order valence-corrected chi connectivity index (χ0v) is 22.4. The molecule has 0 saturated heterocycles. The molecule has 0 unspecified atom stereocenters. The third kappa shape index (κ3) is 5.07. The van der Waals surface area contributed by atoms with Crippen LogP contribution in [0.4, 0.5) is 11.5 Å². The Morgan fingerprint density at radius 1 is 0.872 bits per heavy atom. The van der Waals surface area contributed by atoms with Crippen molar-refractivity contribution in [1.82, 2.24) is 24.9 Å². The number of para-hydroxylation sites is 2. The minimum Gasteiger partial charge on any atom is -0.341 e. The summed E-state index contributed by atoms with van der Waals surface area (Å²) in [6, 6.07) is 27.9. The van der Waals surface area contributed by atoms with Crippen LogP contribution >= 0.6 is 11.6 Å². The zero-order chi connectivity index (χ0) is 27.0. The number of aryl methyl sites for hydroxylation is 1. The van der Waals surface area contributed by atoms with Gasteiger partial charge in [0, 0.05) is 27.0 Å². The molecule has 6 aromatic rings. The van der Waals surface area contributed by atoms with Crippen LogP contribution in [-0.4, -0.2) is 28.6 Å². The van der Waals surface area contributed by atoms with Crippen LogP contribution in [0.15, 0.2) is 95.9 Å². The first kappa shape index (κ1) is 25.0. The fraction of sp³-hybridized carbons (Fsp3) is 0.0690. The number of nitrogens with one attached hydrogen (secondary N) is 3. The highest BCUT2D eigenvalue weighted by Crippen LogP contribution is 2.33. The van der Waals surface area contributed by atoms with E-state index in [-0.39, 0.29) is 11.4 Å². The van der Waals surface area contributed by atoms with Gasteiger partial charge in [0.1, 0.15) is 11.5 Å². The lowest BCUT2D eigenvalue weighted by Gasteiger charge is -2.13. The monoisotopic (exact) mass is 554 g/mol. The Kier molecular flexibility index (Phi) is 6.48. The molecular formula is C29H23ClN6O2S. The number of halogens is 1. The minimum atomic E-state index is -3.84. The number of nitrogens with zero attached hydrogens (tertiary/aromatic N) is 3. The first-order valence-electron chi connectivity index (χ1n) is 12.2. The molecule has 3 N–H and O–H groups in total. The molecule has 39 heavy (non-hydrogen) atoms. The Morgan fingerprint density at radius 3 is 2.41 bits per heavy atom. The number of sulfonamides is 1. The van der Waals surface area contributed by atoms with Gasteiger partial charge in [-0.15, -0.1) is 10.2 Å². The highest BCUT2D eigenvalue weighted by atomic mass is 35.5. The Balaban J connectivity index is 1.33. The van der Waals surface area contributed by atoms with E-state index in [1.165, 1.54) is 0 Å².